The van der Waals surface area contributed by atoms with Gasteiger partial charge in [0.25, 0.3) is 0 Å². The van der Waals surface area contributed by atoms with E-state index in [1.54, 1.807) is 0 Å². The summed E-state index contributed by atoms with van der Waals surface area (Å²) in [6, 6.07) is 2.07. The number of hydrogen-bond donors (Lipinski definition) is 1. The topological polar surface area (TPSA) is 44.3 Å². The maximum absolute atomic E-state index is 4.58. The fraction of sp³-hybridized carbons (Fsp3) is 0.733. The predicted octanol–water partition coefficient (Wildman–Crippen LogP) is 1.57. The van der Waals surface area contributed by atoms with Crippen LogP contribution in [0.1, 0.15) is 31.2 Å². The van der Waals surface area contributed by atoms with Gasteiger partial charge in [-0.1, -0.05) is 13.8 Å². The summed E-state index contributed by atoms with van der Waals surface area (Å²) in [6.07, 6.45) is 0. The highest BCUT2D eigenvalue weighted by Gasteiger charge is 2.13. The molecule has 2 rings (SSSR count). The van der Waals surface area contributed by atoms with Crippen molar-refractivity contribution in [1.82, 2.24) is 19.8 Å². The van der Waals surface area contributed by atoms with Crippen LogP contribution in [0.15, 0.2) is 6.07 Å². The van der Waals surface area contributed by atoms with E-state index in [1.165, 1.54) is 13.1 Å². The van der Waals surface area contributed by atoms with E-state index in [-0.39, 0.29) is 0 Å². The number of anilines is 1. The summed E-state index contributed by atoms with van der Waals surface area (Å²) >= 11 is 0. The Morgan fingerprint density at radius 2 is 1.90 bits per heavy atom. The molecule has 5 nitrogen and oxygen atoms in total. The molecule has 0 saturated carbocycles. The molecule has 1 aliphatic rings. The van der Waals surface area contributed by atoms with E-state index in [4.69, 9.17) is 0 Å². The Balaban J connectivity index is 1.82. The van der Waals surface area contributed by atoms with Crippen molar-refractivity contribution in [3.05, 3.63) is 17.5 Å². The molecule has 1 fully saturated rings. The zero-order valence-electron chi connectivity index (χ0n) is 13.2. The van der Waals surface area contributed by atoms with Crippen LogP contribution in [-0.2, 0) is 0 Å². The molecule has 0 aliphatic carbocycles. The molecule has 1 saturated heterocycles. The Morgan fingerprint density at radius 1 is 1.20 bits per heavy atom. The number of aromatic nitrogens is 2. The third kappa shape index (κ3) is 4.42. The lowest BCUT2D eigenvalue weighted by atomic mass is 10.1. The van der Waals surface area contributed by atoms with Crippen LogP contribution in [0.25, 0.3) is 0 Å². The molecule has 112 valence electrons. The zero-order chi connectivity index (χ0) is 14.5. The van der Waals surface area contributed by atoms with Crippen molar-refractivity contribution in [2.24, 2.45) is 0 Å². The van der Waals surface area contributed by atoms with E-state index in [9.17, 15) is 0 Å². The second kappa shape index (κ2) is 6.99. The number of aryl methyl sites for hydroxylation is 1. The highest BCUT2D eigenvalue weighted by Crippen LogP contribution is 2.14. The number of nitrogens with zero attached hydrogens (tertiary/aromatic N) is 4. The van der Waals surface area contributed by atoms with Crippen LogP contribution in [0.4, 0.5) is 5.95 Å². The van der Waals surface area contributed by atoms with E-state index < -0.39 is 0 Å². The van der Waals surface area contributed by atoms with E-state index in [0.717, 1.165) is 43.5 Å². The van der Waals surface area contributed by atoms with E-state index in [2.05, 4.69) is 52.0 Å². The van der Waals surface area contributed by atoms with Crippen LogP contribution >= 0.6 is 0 Å². The summed E-state index contributed by atoms with van der Waals surface area (Å²) in [4.78, 5) is 13.9. The summed E-state index contributed by atoms with van der Waals surface area (Å²) in [5, 5.41) is 3.36. The summed E-state index contributed by atoms with van der Waals surface area (Å²) in [5.41, 5.74) is 2.14. The molecule has 1 N–H and O–H groups in total. The number of piperazine rings is 1. The van der Waals surface area contributed by atoms with Gasteiger partial charge in [-0.2, -0.15) is 0 Å². The maximum atomic E-state index is 4.58. The second-order valence-corrected chi connectivity index (χ2v) is 5.98. The minimum Gasteiger partial charge on any atom is -0.353 e. The first-order valence-electron chi connectivity index (χ1n) is 7.55. The fourth-order valence-corrected chi connectivity index (χ4v) is 2.37. The highest BCUT2D eigenvalue weighted by molar-refractivity contribution is 5.29. The molecule has 0 bridgehead atoms. The van der Waals surface area contributed by atoms with Crippen molar-refractivity contribution in [2.45, 2.75) is 26.7 Å². The minimum absolute atomic E-state index is 0.440. The van der Waals surface area contributed by atoms with E-state index >= 15 is 0 Å². The predicted molar refractivity (Wildman–Crippen MR) is 83.3 cm³/mol. The summed E-state index contributed by atoms with van der Waals surface area (Å²) in [5.74, 6) is 1.21. The third-order valence-electron chi connectivity index (χ3n) is 3.77. The molecule has 1 aromatic heterocycles. The van der Waals surface area contributed by atoms with Gasteiger partial charge in [-0.3, -0.25) is 4.90 Å². The first-order valence-corrected chi connectivity index (χ1v) is 7.55. The van der Waals surface area contributed by atoms with Gasteiger partial charge in [-0.25, -0.2) is 9.97 Å². The van der Waals surface area contributed by atoms with E-state index in [0.29, 0.717) is 5.92 Å². The van der Waals surface area contributed by atoms with Crippen LogP contribution in [0.3, 0.4) is 0 Å². The Hall–Kier alpha value is -1.20. The van der Waals surface area contributed by atoms with Crippen molar-refractivity contribution in [1.29, 1.82) is 0 Å². The lowest BCUT2D eigenvalue weighted by Crippen LogP contribution is -2.45. The average molecular weight is 277 g/mol. The second-order valence-electron chi connectivity index (χ2n) is 5.98. The number of nitrogens with one attached hydrogen (secondary N) is 1. The molecular weight excluding hydrogens is 250 g/mol. The Kier molecular flexibility index (Phi) is 5.31. The number of hydrogen-bond acceptors (Lipinski definition) is 5. The molecule has 0 atom stereocenters. The van der Waals surface area contributed by atoms with Crippen molar-refractivity contribution in [2.75, 3.05) is 51.6 Å². The largest absolute Gasteiger partial charge is 0.353 e. The van der Waals surface area contributed by atoms with Crippen LogP contribution in [0.2, 0.25) is 0 Å². The van der Waals surface area contributed by atoms with Crippen molar-refractivity contribution < 1.29 is 0 Å². The normalized spacial score (nSPS) is 17.6. The standard InChI is InChI=1S/C15H27N5/c1-12(2)14-11-13(3)17-15(18-14)16-5-6-20-9-7-19(4)8-10-20/h11-12H,5-10H2,1-4H3,(H,16,17,18). The Bertz CT molecular complexity index is 424. The van der Waals surface area contributed by atoms with Gasteiger partial charge in [0.15, 0.2) is 0 Å². The summed E-state index contributed by atoms with van der Waals surface area (Å²) in [7, 11) is 2.18. The molecule has 0 radical (unpaired) electrons. The Morgan fingerprint density at radius 3 is 2.55 bits per heavy atom. The van der Waals surface area contributed by atoms with Gasteiger partial charge >= 0.3 is 0 Å². The number of rotatable bonds is 5. The van der Waals surface area contributed by atoms with Gasteiger partial charge in [0.05, 0.1) is 0 Å². The molecule has 5 heteroatoms. The van der Waals surface area contributed by atoms with Crippen LogP contribution in [0, 0.1) is 6.92 Å². The first kappa shape index (κ1) is 15.2. The van der Waals surface area contributed by atoms with Crippen molar-refractivity contribution in [3.63, 3.8) is 0 Å². The summed E-state index contributed by atoms with van der Waals surface area (Å²) < 4.78 is 0. The minimum atomic E-state index is 0.440. The average Bonchev–Trinajstić information content (AvgIpc) is 2.40. The lowest BCUT2D eigenvalue weighted by molar-refractivity contribution is 0.158. The van der Waals surface area contributed by atoms with E-state index in [1.807, 2.05) is 6.92 Å². The van der Waals surface area contributed by atoms with Gasteiger partial charge < -0.3 is 10.2 Å². The molecule has 20 heavy (non-hydrogen) atoms. The molecule has 0 spiro atoms. The molecule has 0 aromatic carbocycles. The SMILES string of the molecule is Cc1cc(C(C)C)nc(NCCN2CCN(C)CC2)n1. The van der Waals surface area contributed by atoms with Gasteiger partial charge in [-0.15, -0.1) is 0 Å². The number of likely N-dealkylation sites (N-methyl/N-ethyl adjacent to an activating group) is 1. The maximum Gasteiger partial charge on any atom is 0.223 e. The van der Waals surface area contributed by atoms with Gasteiger partial charge in [-0.05, 0) is 26.0 Å². The summed E-state index contributed by atoms with van der Waals surface area (Å²) in [6.45, 7) is 13.0. The third-order valence-corrected chi connectivity index (χ3v) is 3.77. The highest BCUT2D eigenvalue weighted by atomic mass is 15.3. The van der Waals surface area contributed by atoms with Gasteiger partial charge in [0, 0.05) is 50.7 Å². The smallest absolute Gasteiger partial charge is 0.223 e. The molecule has 2 heterocycles. The Labute approximate surface area is 122 Å². The lowest BCUT2D eigenvalue weighted by Gasteiger charge is -2.32. The van der Waals surface area contributed by atoms with Crippen molar-refractivity contribution >= 4 is 5.95 Å². The molecular formula is C15H27N5. The van der Waals surface area contributed by atoms with Crippen LogP contribution in [-0.4, -0.2) is 66.1 Å². The molecule has 0 amide bonds. The first-order chi connectivity index (χ1) is 9.54. The van der Waals surface area contributed by atoms with Crippen LogP contribution < -0.4 is 5.32 Å². The van der Waals surface area contributed by atoms with Crippen molar-refractivity contribution in [3.8, 4) is 0 Å². The van der Waals surface area contributed by atoms with Gasteiger partial charge in [0.2, 0.25) is 5.95 Å². The quantitative estimate of drug-likeness (QED) is 0.885. The molecule has 0 unspecified atom stereocenters. The zero-order valence-corrected chi connectivity index (χ0v) is 13.2. The fourth-order valence-electron chi connectivity index (χ4n) is 2.37. The monoisotopic (exact) mass is 277 g/mol. The van der Waals surface area contributed by atoms with Gasteiger partial charge in [0.1, 0.15) is 0 Å². The van der Waals surface area contributed by atoms with Crippen LogP contribution in [0.5, 0.6) is 0 Å². The molecule has 1 aliphatic heterocycles. The molecule has 1 aromatic rings.